The van der Waals surface area contributed by atoms with Gasteiger partial charge >= 0.3 is 0 Å². The van der Waals surface area contributed by atoms with Crippen molar-refractivity contribution in [3.05, 3.63) is 17.5 Å². The molecular formula is C15H28N4. The minimum atomic E-state index is 0.442. The highest BCUT2D eigenvalue weighted by Gasteiger charge is 2.17. The highest BCUT2D eigenvalue weighted by Crippen LogP contribution is 2.21. The fourth-order valence-corrected chi connectivity index (χ4v) is 2.58. The summed E-state index contributed by atoms with van der Waals surface area (Å²) in [6.07, 6.45) is 3.47. The largest absolute Gasteiger partial charge is 0.315 e. The van der Waals surface area contributed by atoms with E-state index in [2.05, 4.69) is 48.8 Å². The summed E-state index contributed by atoms with van der Waals surface area (Å²) in [5, 5.41) is 8.27. The lowest BCUT2D eigenvalue weighted by atomic mass is 10.0. The van der Waals surface area contributed by atoms with Gasteiger partial charge in [-0.1, -0.05) is 13.8 Å². The summed E-state index contributed by atoms with van der Waals surface area (Å²) in [7, 11) is 0. The minimum Gasteiger partial charge on any atom is -0.315 e. The minimum absolute atomic E-state index is 0.442. The summed E-state index contributed by atoms with van der Waals surface area (Å²) < 4.78 is 2.11. The van der Waals surface area contributed by atoms with Crippen molar-refractivity contribution in [2.24, 2.45) is 0 Å². The third-order valence-corrected chi connectivity index (χ3v) is 3.80. The van der Waals surface area contributed by atoms with Gasteiger partial charge in [-0.3, -0.25) is 9.58 Å². The molecule has 0 spiro atoms. The lowest BCUT2D eigenvalue weighted by molar-refractivity contribution is 0.278. The van der Waals surface area contributed by atoms with Crippen molar-refractivity contribution in [2.45, 2.75) is 52.6 Å². The van der Waals surface area contributed by atoms with Gasteiger partial charge in [-0.15, -0.1) is 0 Å². The Balaban J connectivity index is 2.13. The van der Waals surface area contributed by atoms with Crippen LogP contribution in [0.1, 0.15) is 57.3 Å². The van der Waals surface area contributed by atoms with Gasteiger partial charge < -0.3 is 5.32 Å². The van der Waals surface area contributed by atoms with Crippen LogP contribution in [0.2, 0.25) is 0 Å². The number of nitrogens with zero attached hydrogens (tertiary/aromatic N) is 3. The van der Waals surface area contributed by atoms with Crippen LogP contribution < -0.4 is 5.32 Å². The second-order valence-corrected chi connectivity index (χ2v) is 6.14. The van der Waals surface area contributed by atoms with Gasteiger partial charge in [0.15, 0.2) is 0 Å². The van der Waals surface area contributed by atoms with Crippen LogP contribution >= 0.6 is 0 Å². The zero-order valence-electron chi connectivity index (χ0n) is 12.8. The Bertz CT molecular complexity index is 387. The van der Waals surface area contributed by atoms with Gasteiger partial charge in [-0.05, 0) is 44.8 Å². The van der Waals surface area contributed by atoms with Crippen LogP contribution in [0.3, 0.4) is 0 Å². The van der Waals surface area contributed by atoms with E-state index < -0.39 is 0 Å². The first kappa shape index (κ1) is 14.5. The zero-order valence-corrected chi connectivity index (χ0v) is 12.8. The topological polar surface area (TPSA) is 33.1 Å². The number of hydrogen-bond donors (Lipinski definition) is 1. The standard InChI is InChI=1S/C15H28N4/c1-12(2)14-10-19(13(3)4)17-15(14)11-18-8-5-6-16-7-9-18/h10,12-13,16H,5-9,11H2,1-4H3. The first-order chi connectivity index (χ1) is 9.08. The maximum absolute atomic E-state index is 4.81. The molecule has 1 fully saturated rings. The van der Waals surface area contributed by atoms with E-state index in [1.807, 2.05) is 0 Å². The second-order valence-electron chi connectivity index (χ2n) is 6.14. The van der Waals surface area contributed by atoms with Crippen LogP contribution in [-0.4, -0.2) is 40.9 Å². The van der Waals surface area contributed by atoms with E-state index in [1.54, 1.807) is 0 Å². The van der Waals surface area contributed by atoms with Gasteiger partial charge in [-0.2, -0.15) is 5.10 Å². The fraction of sp³-hybridized carbons (Fsp3) is 0.800. The lowest BCUT2D eigenvalue weighted by Crippen LogP contribution is -2.28. The molecule has 0 saturated carbocycles. The molecule has 0 bridgehead atoms. The monoisotopic (exact) mass is 264 g/mol. The average Bonchev–Trinajstić information content (AvgIpc) is 2.60. The summed E-state index contributed by atoms with van der Waals surface area (Å²) >= 11 is 0. The smallest absolute Gasteiger partial charge is 0.0799 e. The fourth-order valence-electron chi connectivity index (χ4n) is 2.58. The maximum Gasteiger partial charge on any atom is 0.0799 e. The molecule has 4 nitrogen and oxygen atoms in total. The summed E-state index contributed by atoms with van der Waals surface area (Å²) in [4.78, 5) is 2.53. The van der Waals surface area contributed by atoms with E-state index in [1.165, 1.54) is 24.2 Å². The van der Waals surface area contributed by atoms with Crippen molar-refractivity contribution in [2.75, 3.05) is 26.2 Å². The molecule has 0 aromatic carbocycles. The molecule has 2 heterocycles. The van der Waals surface area contributed by atoms with Gasteiger partial charge in [-0.25, -0.2) is 0 Å². The van der Waals surface area contributed by atoms with Gasteiger partial charge in [0.1, 0.15) is 0 Å². The van der Waals surface area contributed by atoms with Crippen LogP contribution in [-0.2, 0) is 6.54 Å². The molecule has 4 heteroatoms. The quantitative estimate of drug-likeness (QED) is 0.906. The molecule has 2 rings (SSSR count). The maximum atomic E-state index is 4.81. The number of nitrogens with one attached hydrogen (secondary N) is 1. The van der Waals surface area contributed by atoms with Crippen molar-refractivity contribution < 1.29 is 0 Å². The van der Waals surface area contributed by atoms with Gasteiger partial charge in [0.25, 0.3) is 0 Å². The van der Waals surface area contributed by atoms with Crippen molar-refractivity contribution in [1.82, 2.24) is 20.0 Å². The van der Waals surface area contributed by atoms with E-state index in [9.17, 15) is 0 Å². The third kappa shape index (κ3) is 3.80. The molecule has 1 aromatic heterocycles. The Morgan fingerprint density at radius 2 is 2.00 bits per heavy atom. The van der Waals surface area contributed by atoms with Crippen LogP contribution in [0.5, 0.6) is 0 Å². The summed E-state index contributed by atoms with van der Waals surface area (Å²) in [5.74, 6) is 0.549. The molecule has 19 heavy (non-hydrogen) atoms. The van der Waals surface area contributed by atoms with Crippen molar-refractivity contribution in [3.63, 3.8) is 0 Å². The Morgan fingerprint density at radius 1 is 1.21 bits per heavy atom. The molecule has 1 aliphatic rings. The molecule has 0 radical (unpaired) electrons. The Morgan fingerprint density at radius 3 is 2.68 bits per heavy atom. The highest BCUT2D eigenvalue weighted by molar-refractivity contribution is 5.21. The SMILES string of the molecule is CC(C)c1cn(C(C)C)nc1CN1CCCNCC1. The van der Waals surface area contributed by atoms with Gasteiger partial charge in [0, 0.05) is 31.9 Å². The van der Waals surface area contributed by atoms with Crippen LogP contribution in [0.25, 0.3) is 0 Å². The van der Waals surface area contributed by atoms with Gasteiger partial charge in [0.2, 0.25) is 0 Å². The second kappa shape index (κ2) is 6.53. The molecule has 0 unspecified atom stereocenters. The van der Waals surface area contributed by atoms with Crippen LogP contribution in [0, 0.1) is 0 Å². The number of hydrogen-bond acceptors (Lipinski definition) is 3. The van der Waals surface area contributed by atoms with E-state index in [0.29, 0.717) is 12.0 Å². The average molecular weight is 264 g/mol. The number of aromatic nitrogens is 2. The number of rotatable bonds is 4. The molecule has 0 aliphatic carbocycles. The highest BCUT2D eigenvalue weighted by atomic mass is 15.3. The molecule has 1 N–H and O–H groups in total. The zero-order chi connectivity index (χ0) is 13.8. The normalized spacial score (nSPS) is 18.2. The molecule has 0 amide bonds. The molecule has 1 aromatic rings. The van der Waals surface area contributed by atoms with Crippen LogP contribution in [0.15, 0.2) is 6.20 Å². The van der Waals surface area contributed by atoms with Crippen molar-refractivity contribution in [1.29, 1.82) is 0 Å². The van der Waals surface area contributed by atoms with E-state index in [4.69, 9.17) is 5.10 Å². The summed E-state index contributed by atoms with van der Waals surface area (Å²) in [6, 6.07) is 0.442. The Labute approximate surface area is 117 Å². The molecule has 1 saturated heterocycles. The molecule has 0 atom stereocenters. The summed E-state index contributed by atoms with van der Waals surface area (Å²) in [5.41, 5.74) is 2.68. The predicted molar refractivity (Wildman–Crippen MR) is 79.5 cm³/mol. The van der Waals surface area contributed by atoms with Crippen LogP contribution in [0.4, 0.5) is 0 Å². The Hall–Kier alpha value is -0.870. The van der Waals surface area contributed by atoms with Crippen molar-refractivity contribution in [3.8, 4) is 0 Å². The molecule has 108 valence electrons. The predicted octanol–water partition coefficient (Wildman–Crippen LogP) is 2.38. The van der Waals surface area contributed by atoms with E-state index >= 15 is 0 Å². The third-order valence-electron chi connectivity index (χ3n) is 3.80. The van der Waals surface area contributed by atoms with Crippen molar-refractivity contribution >= 4 is 0 Å². The van der Waals surface area contributed by atoms with Gasteiger partial charge in [0.05, 0.1) is 5.69 Å². The summed E-state index contributed by atoms with van der Waals surface area (Å²) in [6.45, 7) is 14.5. The van der Waals surface area contributed by atoms with E-state index in [0.717, 1.165) is 26.2 Å². The molecular weight excluding hydrogens is 236 g/mol. The first-order valence-corrected chi connectivity index (χ1v) is 7.59. The first-order valence-electron chi connectivity index (χ1n) is 7.59. The molecule has 1 aliphatic heterocycles. The lowest BCUT2D eigenvalue weighted by Gasteiger charge is -2.19. The Kier molecular flexibility index (Phi) is 4.99. The van der Waals surface area contributed by atoms with E-state index in [-0.39, 0.29) is 0 Å².